The molecule has 0 unspecified atom stereocenters. The van der Waals surface area contributed by atoms with E-state index < -0.39 is 27.3 Å². The van der Waals surface area contributed by atoms with Crippen LogP contribution in [0.2, 0.25) is 0 Å². The number of H-pyrrole nitrogens is 1. The number of primary amides is 1. The van der Waals surface area contributed by atoms with Crippen molar-refractivity contribution in [3.05, 3.63) is 54.4 Å². The number of para-hydroxylation sites is 1. The van der Waals surface area contributed by atoms with E-state index in [9.17, 15) is 26.4 Å². The quantitative estimate of drug-likeness (QED) is 0.489. The second-order valence-electron chi connectivity index (χ2n) is 5.43. The predicted octanol–water partition coefficient (Wildman–Crippen LogP) is 2.47. The number of alkyl halides is 3. The van der Waals surface area contributed by atoms with E-state index in [2.05, 4.69) is 19.4 Å². The highest BCUT2D eigenvalue weighted by molar-refractivity contribution is 7.88. The highest BCUT2D eigenvalue weighted by Gasteiger charge is 2.48. The molecule has 1 aromatic heterocycles. The van der Waals surface area contributed by atoms with Gasteiger partial charge in [0.15, 0.2) is 11.6 Å². The molecule has 0 spiro atoms. The van der Waals surface area contributed by atoms with Gasteiger partial charge in [-0.2, -0.15) is 26.7 Å². The van der Waals surface area contributed by atoms with E-state index in [1.54, 1.807) is 12.1 Å². The fourth-order valence-electron chi connectivity index (χ4n) is 2.27. The van der Waals surface area contributed by atoms with Crippen LogP contribution >= 0.6 is 0 Å². The monoisotopic (exact) mass is 412 g/mol. The summed E-state index contributed by atoms with van der Waals surface area (Å²) in [6.45, 7) is 0. The van der Waals surface area contributed by atoms with Crippen LogP contribution in [0.5, 0.6) is 5.75 Å². The summed E-state index contributed by atoms with van der Waals surface area (Å²) in [5, 5.41) is 6.20. The number of aromatic amines is 1. The van der Waals surface area contributed by atoms with E-state index in [1.165, 1.54) is 30.3 Å². The van der Waals surface area contributed by atoms with Crippen LogP contribution in [0.4, 0.5) is 13.2 Å². The first-order valence-electron chi connectivity index (χ1n) is 7.51. The number of rotatable bonds is 5. The number of hydrogen-bond donors (Lipinski definition) is 2. The summed E-state index contributed by atoms with van der Waals surface area (Å²) in [7, 11) is -5.83. The number of hydrogen-bond acceptors (Lipinski definition) is 6. The van der Waals surface area contributed by atoms with Crippen molar-refractivity contribution >= 4 is 16.0 Å². The third kappa shape index (κ3) is 3.81. The van der Waals surface area contributed by atoms with Crippen LogP contribution in [0.15, 0.2) is 48.5 Å². The molecule has 3 N–H and O–H groups in total. The SMILES string of the molecule is NC(=O)c1nc(-c2cccc(-c3ccccc3OS(=O)(=O)C(F)(F)F)c2)n[nH]1. The van der Waals surface area contributed by atoms with E-state index in [0.29, 0.717) is 11.1 Å². The molecular formula is C16H11F3N4O4S. The molecule has 8 nitrogen and oxygen atoms in total. The third-order valence-electron chi connectivity index (χ3n) is 3.52. The molecular weight excluding hydrogens is 401 g/mol. The van der Waals surface area contributed by atoms with Crippen molar-refractivity contribution in [3.63, 3.8) is 0 Å². The Balaban J connectivity index is 2.02. The zero-order valence-corrected chi connectivity index (χ0v) is 14.6. The van der Waals surface area contributed by atoms with Gasteiger partial charge in [0.05, 0.1) is 0 Å². The van der Waals surface area contributed by atoms with Crippen molar-refractivity contribution in [2.24, 2.45) is 5.73 Å². The van der Waals surface area contributed by atoms with Gasteiger partial charge in [0.1, 0.15) is 0 Å². The summed E-state index contributed by atoms with van der Waals surface area (Å²) in [6.07, 6.45) is 0. The Morgan fingerprint density at radius 1 is 1.07 bits per heavy atom. The van der Waals surface area contributed by atoms with Crippen LogP contribution in [0, 0.1) is 0 Å². The molecule has 2 aromatic carbocycles. The van der Waals surface area contributed by atoms with E-state index in [1.807, 2.05) is 0 Å². The maximum atomic E-state index is 12.6. The molecule has 1 heterocycles. The topological polar surface area (TPSA) is 128 Å². The van der Waals surface area contributed by atoms with Crippen LogP contribution < -0.4 is 9.92 Å². The van der Waals surface area contributed by atoms with Gasteiger partial charge < -0.3 is 9.92 Å². The Hall–Kier alpha value is -3.41. The number of nitrogens with zero attached hydrogens (tertiary/aromatic N) is 2. The van der Waals surface area contributed by atoms with Crippen LogP contribution in [0.25, 0.3) is 22.5 Å². The number of nitrogens with one attached hydrogen (secondary N) is 1. The van der Waals surface area contributed by atoms with Gasteiger partial charge in [-0.1, -0.05) is 36.4 Å². The number of amides is 1. The molecule has 0 aliphatic heterocycles. The molecule has 3 rings (SSSR count). The van der Waals surface area contributed by atoms with E-state index >= 15 is 0 Å². The molecule has 28 heavy (non-hydrogen) atoms. The van der Waals surface area contributed by atoms with Gasteiger partial charge in [-0.15, -0.1) is 0 Å². The maximum Gasteiger partial charge on any atom is 0.534 e. The second kappa shape index (κ2) is 6.96. The van der Waals surface area contributed by atoms with Crippen LogP contribution in [0.3, 0.4) is 0 Å². The Labute approximate surface area is 156 Å². The average Bonchev–Trinajstić information content (AvgIpc) is 3.11. The van der Waals surface area contributed by atoms with Crippen molar-refractivity contribution in [3.8, 4) is 28.3 Å². The molecule has 146 valence electrons. The lowest BCUT2D eigenvalue weighted by atomic mass is 10.0. The molecule has 0 fully saturated rings. The molecule has 0 bridgehead atoms. The highest BCUT2D eigenvalue weighted by Crippen LogP contribution is 2.35. The molecule has 0 radical (unpaired) electrons. The predicted molar refractivity (Wildman–Crippen MR) is 91.4 cm³/mol. The molecule has 12 heteroatoms. The first-order chi connectivity index (χ1) is 13.1. The minimum absolute atomic E-state index is 0.0998. The smallest absolute Gasteiger partial charge is 0.375 e. The number of carbonyl (C=O) groups is 1. The van der Waals surface area contributed by atoms with Gasteiger partial charge >= 0.3 is 15.6 Å². The Morgan fingerprint density at radius 3 is 2.39 bits per heavy atom. The second-order valence-corrected chi connectivity index (χ2v) is 6.97. The van der Waals surface area contributed by atoms with Gasteiger partial charge in [-0.25, -0.2) is 4.98 Å². The first-order valence-corrected chi connectivity index (χ1v) is 8.92. The number of benzene rings is 2. The number of aromatic nitrogens is 3. The maximum absolute atomic E-state index is 12.6. The molecule has 1 amide bonds. The lowest BCUT2D eigenvalue weighted by Crippen LogP contribution is -2.28. The third-order valence-corrected chi connectivity index (χ3v) is 4.49. The van der Waals surface area contributed by atoms with Gasteiger partial charge in [-0.3, -0.25) is 9.89 Å². The Morgan fingerprint density at radius 2 is 1.75 bits per heavy atom. The average molecular weight is 412 g/mol. The van der Waals surface area contributed by atoms with Gasteiger partial charge in [0, 0.05) is 11.1 Å². The largest absolute Gasteiger partial charge is 0.534 e. The summed E-state index contributed by atoms with van der Waals surface area (Å²) in [5.41, 5.74) is 0.394. The number of nitrogens with two attached hydrogens (primary N) is 1. The van der Waals surface area contributed by atoms with Gasteiger partial charge in [0.25, 0.3) is 5.91 Å². The summed E-state index contributed by atoms with van der Waals surface area (Å²) in [6, 6.07) is 11.5. The van der Waals surface area contributed by atoms with Crippen molar-refractivity contribution < 1.29 is 30.6 Å². The van der Waals surface area contributed by atoms with E-state index in [0.717, 1.165) is 6.07 Å². The van der Waals surface area contributed by atoms with Crippen LogP contribution in [-0.4, -0.2) is 35.0 Å². The number of halogens is 3. The molecule has 0 aliphatic carbocycles. The van der Waals surface area contributed by atoms with Crippen molar-refractivity contribution in [2.45, 2.75) is 5.51 Å². The zero-order chi connectivity index (χ0) is 20.5. The lowest BCUT2D eigenvalue weighted by Gasteiger charge is -2.13. The van der Waals surface area contributed by atoms with Gasteiger partial charge in [0.2, 0.25) is 5.82 Å². The highest BCUT2D eigenvalue weighted by atomic mass is 32.2. The van der Waals surface area contributed by atoms with Gasteiger partial charge in [-0.05, 0) is 17.7 Å². The van der Waals surface area contributed by atoms with E-state index in [-0.39, 0.29) is 17.2 Å². The fourth-order valence-corrected chi connectivity index (χ4v) is 2.75. The summed E-state index contributed by atoms with van der Waals surface area (Å²) in [4.78, 5) is 15.0. The molecule has 0 aliphatic rings. The van der Waals surface area contributed by atoms with Crippen molar-refractivity contribution in [1.29, 1.82) is 0 Å². The molecule has 3 aromatic rings. The standard InChI is InChI=1S/C16H11F3N4O4S/c17-16(18,19)28(25,26)27-12-7-2-1-6-11(12)9-4-3-5-10(8-9)14-21-15(13(20)24)23-22-14/h1-8H,(H2,20,24)(H,21,22,23). The Kier molecular flexibility index (Phi) is 4.81. The molecule has 0 saturated heterocycles. The zero-order valence-electron chi connectivity index (χ0n) is 13.8. The molecule has 0 atom stereocenters. The van der Waals surface area contributed by atoms with Crippen molar-refractivity contribution in [2.75, 3.05) is 0 Å². The summed E-state index contributed by atoms with van der Waals surface area (Å²) >= 11 is 0. The number of carbonyl (C=O) groups excluding carboxylic acids is 1. The van der Waals surface area contributed by atoms with Crippen LogP contribution in [0.1, 0.15) is 10.6 Å². The lowest BCUT2D eigenvalue weighted by molar-refractivity contribution is -0.0499. The fraction of sp³-hybridized carbons (Fsp3) is 0.0625. The minimum Gasteiger partial charge on any atom is -0.375 e. The minimum atomic E-state index is -5.83. The Bertz CT molecular complexity index is 1140. The first kappa shape index (κ1) is 19.4. The normalized spacial score (nSPS) is 12.0. The molecule has 0 saturated carbocycles. The van der Waals surface area contributed by atoms with Crippen LogP contribution in [-0.2, 0) is 10.1 Å². The summed E-state index contributed by atoms with van der Waals surface area (Å²) in [5.74, 6) is -1.35. The summed E-state index contributed by atoms with van der Waals surface area (Å²) < 4.78 is 64.9. The van der Waals surface area contributed by atoms with Crippen molar-refractivity contribution in [1.82, 2.24) is 15.2 Å². The van der Waals surface area contributed by atoms with E-state index in [4.69, 9.17) is 5.73 Å².